The lowest BCUT2D eigenvalue weighted by Crippen LogP contribution is -2.53. The molecular weight excluding hydrogens is 420 g/mol. The number of alkyl halides is 1. The molecule has 1 heterocycles. The number of nitrogens with two attached hydrogens (primary N) is 2. The molecule has 0 unspecified atom stereocenters. The van der Waals surface area contributed by atoms with Gasteiger partial charge in [-0.05, 0) is 24.6 Å². The smallest absolute Gasteiger partial charge is 0.312 e. The highest BCUT2D eigenvalue weighted by atomic mass is 35.5. The fourth-order valence-electron chi connectivity index (χ4n) is 3.45. The second kappa shape index (κ2) is 8.41. The number of carbonyl (C=O) groups is 2. The van der Waals surface area contributed by atoms with Crippen molar-refractivity contribution in [3.05, 3.63) is 52.6 Å². The Morgan fingerprint density at radius 3 is 2.67 bits per heavy atom. The summed E-state index contributed by atoms with van der Waals surface area (Å²) in [5.74, 6) is -1.84. The number of primary amides is 1. The lowest BCUT2D eigenvalue weighted by Gasteiger charge is -2.33. The molecule has 0 saturated heterocycles. The van der Waals surface area contributed by atoms with Gasteiger partial charge >= 0.3 is 6.03 Å². The minimum atomic E-state index is -1.74. The molecule has 0 aliphatic heterocycles. The summed E-state index contributed by atoms with van der Waals surface area (Å²) in [5, 5.41) is 5.14. The monoisotopic (exact) mass is 439 g/mol. The van der Waals surface area contributed by atoms with Gasteiger partial charge in [0.05, 0.1) is 12.1 Å². The normalized spacial score (nSPS) is 19.5. The summed E-state index contributed by atoms with van der Waals surface area (Å²) in [6.07, 6.45) is 1.65. The molecule has 1 aliphatic carbocycles. The Morgan fingerprint density at radius 1 is 1.40 bits per heavy atom. The van der Waals surface area contributed by atoms with Gasteiger partial charge in [-0.25, -0.2) is 18.6 Å². The molecule has 0 radical (unpaired) electrons. The van der Waals surface area contributed by atoms with E-state index in [1.165, 1.54) is 31.5 Å². The van der Waals surface area contributed by atoms with E-state index in [0.29, 0.717) is 6.42 Å². The van der Waals surface area contributed by atoms with Crippen LogP contribution in [0.25, 0.3) is 0 Å². The molecule has 11 heteroatoms. The molecule has 3 rings (SSSR count). The van der Waals surface area contributed by atoms with Crippen molar-refractivity contribution in [1.82, 2.24) is 10.3 Å². The number of urea groups is 1. The number of anilines is 1. The summed E-state index contributed by atoms with van der Waals surface area (Å²) in [7, 11) is 1.35. The van der Waals surface area contributed by atoms with E-state index >= 15 is 0 Å². The number of hydrogen-bond acceptors (Lipinski definition) is 5. The Balaban J connectivity index is 1.97. The van der Waals surface area contributed by atoms with Crippen molar-refractivity contribution in [2.24, 2.45) is 17.4 Å². The number of nitrogens with zero attached hydrogens (tertiary/aromatic N) is 1. The van der Waals surface area contributed by atoms with E-state index in [-0.39, 0.29) is 27.7 Å². The zero-order valence-electron chi connectivity index (χ0n) is 15.9. The minimum Gasteiger partial charge on any atom is -0.494 e. The Kier molecular flexibility index (Phi) is 6.09. The van der Waals surface area contributed by atoms with Crippen LogP contribution in [0.4, 0.5) is 19.3 Å². The number of carbonyl (C=O) groups excluding carboxylic acids is 2. The molecule has 2 aromatic rings. The van der Waals surface area contributed by atoms with Gasteiger partial charge in [-0.2, -0.15) is 0 Å². The van der Waals surface area contributed by atoms with Gasteiger partial charge in [0.25, 0.3) is 5.91 Å². The molecule has 30 heavy (non-hydrogen) atoms. The first-order valence-corrected chi connectivity index (χ1v) is 9.29. The Bertz CT molecular complexity index is 993. The summed E-state index contributed by atoms with van der Waals surface area (Å²) in [4.78, 5) is 28.1. The third kappa shape index (κ3) is 4.14. The summed E-state index contributed by atoms with van der Waals surface area (Å²) >= 11 is 5.85. The lowest BCUT2D eigenvalue weighted by molar-refractivity contribution is 0.101. The Morgan fingerprint density at radius 2 is 2.10 bits per heavy atom. The third-order valence-electron chi connectivity index (χ3n) is 4.99. The molecule has 0 spiro atoms. The third-order valence-corrected chi connectivity index (χ3v) is 5.20. The SMILES string of the molecule is COc1cc(Cl)cnc1C(=O)Nc1ccc(F)c([C@@](CF)(NC(N)=O)[C@H]2C[C@H]2N)c1. The maximum Gasteiger partial charge on any atom is 0.312 e. The predicted molar refractivity (Wildman–Crippen MR) is 107 cm³/mol. The number of hydrogen-bond donors (Lipinski definition) is 4. The summed E-state index contributed by atoms with van der Waals surface area (Å²) in [6.45, 7) is -1.13. The summed E-state index contributed by atoms with van der Waals surface area (Å²) in [6, 6.07) is 3.55. The van der Waals surface area contributed by atoms with Crippen LogP contribution in [0.5, 0.6) is 5.75 Å². The highest BCUT2D eigenvalue weighted by Gasteiger charge is 2.54. The zero-order valence-corrected chi connectivity index (χ0v) is 16.7. The lowest BCUT2D eigenvalue weighted by atomic mass is 9.85. The maximum absolute atomic E-state index is 14.7. The summed E-state index contributed by atoms with van der Waals surface area (Å²) < 4.78 is 34.0. The van der Waals surface area contributed by atoms with Gasteiger partial charge in [-0.1, -0.05) is 11.6 Å². The molecule has 1 aromatic heterocycles. The fraction of sp³-hybridized carbons (Fsp3) is 0.316. The van der Waals surface area contributed by atoms with Gasteiger partial charge in [0.15, 0.2) is 11.4 Å². The first-order chi connectivity index (χ1) is 14.2. The van der Waals surface area contributed by atoms with Crippen LogP contribution in [0.3, 0.4) is 0 Å². The molecule has 6 N–H and O–H groups in total. The predicted octanol–water partition coefficient (Wildman–Crippen LogP) is 2.32. The highest BCUT2D eigenvalue weighted by Crippen LogP contribution is 2.46. The van der Waals surface area contributed by atoms with Gasteiger partial charge < -0.3 is 26.8 Å². The van der Waals surface area contributed by atoms with Gasteiger partial charge in [-0.3, -0.25) is 4.79 Å². The molecule has 1 aromatic carbocycles. The number of benzene rings is 1. The van der Waals surface area contributed by atoms with Crippen molar-refractivity contribution in [3.8, 4) is 5.75 Å². The molecule has 3 atom stereocenters. The van der Waals surface area contributed by atoms with Crippen molar-refractivity contribution in [2.75, 3.05) is 19.1 Å². The van der Waals surface area contributed by atoms with E-state index < -0.39 is 41.9 Å². The standard InChI is InChI=1S/C19H20ClF2N5O3/c1-30-15-4-9(20)7-25-16(15)17(28)26-10-2-3-13(22)11(5-10)19(8-21,27-18(24)29)12-6-14(12)23/h2-5,7,12,14H,6,8,23H2,1H3,(H,26,28)(H3,24,27,29)/t12-,14+,19+/m0/s1. The molecular formula is C19H20ClF2N5O3. The van der Waals surface area contributed by atoms with Crippen molar-refractivity contribution in [3.63, 3.8) is 0 Å². The number of nitrogens with one attached hydrogen (secondary N) is 2. The van der Waals surface area contributed by atoms with Gasteiger partial charge in [-0.15, -0.1) is 0 Å². The van der Waals surface area contributed by atoms with Gasteiger partial charge in [0.1, 0.15) is 18.0 Å². The average molecular weight is 440 g/mol. The molecule has 160 valence electrons. The molecule has 1 saturated carbocycles. The number of rotatable bonds is 7. The van der Waals surface area contributed by atoms with E-state index in [1.54, 1.807) is 0 Å². The quantitative estimate of drug-likeness (QED) is 0.525. The van der Waals surface area contributed by atoms with E-state index in [2.05, 4.69) is 15.6 Å². The first kappa shape index (κ1) is 21.7. The van der Waals surface area contributed by atoms with Crippen LogP contribution in [0.15, 0.2) is 30.5 Å². The van der Waals surface area contributed by atoms with E-state index in [4.69, 9.17) is 27.8 Å². The second-order valence-electron chi connectivity index (χ2n) is 6.95. The number of methoxy groups -OCH3 is 1. The number of pyridine rings is 1. The molecule has 0 bridgehead atoms. The van der Waals surface area contributed by atoms with Crippen LogP contribution in [0.1, 0.15) is 22.5 Å². The molecule has 3 amide bonds. The van der Waals surface area contributed by atoms with Crippen LogP contribution in [-0.2, 0) is 5.54 Å². The highest BCUT2D eigenvalue weighted by molar-refractivity contribution is 6.30. The van der Waals surface area contributed by atoms with Crippen LogP contribution < -0.4 is 26.8 Å². The number of amides is 3. The number of aromatic nitrogens is 1. The largest absolute Gasteiger partial charge is 0.494 e. The molecule has 8 nitrogen and oxygen atoms in total. The van der Waals surface area contributed by atoms with E-state index in [9.17, 15) is 18.4 Å². The van der Waals surface area contributed by atoms with Gasteiger partial charge in [0, 0.05) is 35.5 Å². The van der Waals surface area contributed by atoms with Crippen LogP contribution in [0, 0.1) is 11.7 Å². The first-order valence-electron chi connectivity index (χ1n) is 8.92. The maximum atomic E-state index is 14.7. The van der Waals surface area contributed by atoms with Crippen LogP contribution in [-0.4, -0.2) is 36.7 Å². The van der Waals surface area contributed by atoms with Crippen molar-refractivity contribution in [1.29, 1.82) is 0 Å². The molecule has 1 aliphatic rings. The topological polar surface area (TPSA) is 132 Å². The van der Waals surface area contributed by atoms with Crippen molar-refractivity contribution < 1.29 is 23.1 Å². The van der Waals surface area contributed by atoms with Crippen LogP contribution in [0.2, 0.25) is 5.02 Å². The second-order valence-corrected chi connectivity index (χ2v) is 7.39. The van der Waals surface area contributed by atoms with E-state index in [0.717, 1.165) is 6.07 Å². The Hall–Kier alpha value is -2.98. The molecule has 1 fully saturated rings. The number of halogens is 3. The average Bonchev–Trinajstić information content (AvgIpc) is 3.44. The summed E-state index contributed by atoms with van der Waals surface area (Å²) in [5.41, 5.74) is 9.24. The van der Waals surface area contributed by atoms with Crippen LogP contribution >= 0.6 is 11.6 Å². The van der Waals surface area contributed by atoms with Crippen molar-refractivity contribution in [2.45, 2.75) is 18.0 Å². The van der Waals surface area contributed by atoms with E-state index in [1.807, 2.05) is 0 Å². The van der Waals surface area contributed by atoms with Gasteiger partial charge in [0.2, 0.25) is 0 Å². The fourth-order valence-corrected chi connectivity index (χ4v) is 3.60. The Labute approximate surface area is 175 Å². The van der Waals surface area contributed by atoms with Crippen molar-refractivity contribution >= 4 is 29.2 Å². The minimum absolute atomic E-state index is 0.0518. The number of ether oxygens (including phenoxy) is 1. The zero-order chi connectivity index (χ0) is 22.1.